The van der Waals surface area contributed by atoms with Crippen molar-refractivity contribution in [1.82, 2.24) is 0 Å². The molecule has 2 heteroatoms. The van der Waals surface area contributed by atoms with E-state index in [1.165, 1.54) is 12.8 Å². The number of fused-ring (bicyclic) bond motifs is 3. The van der Waals surface area contributed by atoms with Gasteiger partial charge in [0.1, 0.15) is 19.6 Å². The molecule has 3 aliphatic heterocycles. The first-order valence-corrected chi connectivity index (χ1v) is 4.28. The molecule has 3 rings (SSSR count). The van der Waals surface area contributed by atoms with Crippen LogP contribution in [-0.2, 0) is 0 Å². The average molecular weight is 142 g/mol. The molecule has 0 saturated carbocycles. The van der Waals surface area contributed by atoms with Gasteiger partial charge >= 0.3 is 0 Å². The molecule has 3 aliphatic rings. The SMILES string of the molecule is CC1C[N+]2(O)CCC1CC2. The topological polar surface area (TPSA) is 20.2 Å². The molecule has 1 unspecified atom stereocenters. The lowest BCUT2D eigenvalue weighted by atomic mass is 9.80. The van der Waals surface area contributed by atoms with E-state index in [1.54, 1.807) is 0 Å². The summed E-state index contributed by atoms with van der Waals surface area (Å²) in [6, 6.07) is 0. The number of piperidine rings is 3. The Kier molecular flexibility index (Phi) is 1.29. The van der Waals surface area contributed by atoms with Crippen LogP contribution in [0.4, 0.5) is 0 Å². The van der Waals surface area contributed by atoms with Gasteiger partial charge in [-0.3, -0.25) is 0 Å². The monoisotopic (exact) mass is 142 g/mol. The Bertz CT molecular complexity index is 138. The third kappa shape index (κ3) is 0.867. The highest BCUT2D eigenvalue weighted by molar-refractivity contribution is 4.74. The number of rotatable bonds is 0. The van der Waals surface area contributed by atoms with Gasteiger partial charge < -0.3 is 0 Å². The van der Waals surface area contributed by atoms with Gasteiger partial charge in [-0.25, -0.2) is 5.21 Å². The van der Waals surface area contributed by atoms with E-state index in [4.69, 9.17) is 0 Å². The Labute approximate surface area is 62.0 Å². The molecule has 0 radical (unpaired) electrons. The molecule has 1 N–H and O–H groups in total. The van der Waals surface area contributed by atoms with E-state index < -0.39 is 0 Å². The van der Waals surface area contributed by atoms with E-state index in [9.17, 15) is 5.21 Å². The van der Waals surface area contributed by atoms with Crippen molar-refractivity contribution in [2.75, 3.05) is 19.6 Å². The molecule has 3 heterocycles. The van der Waals surface area contributed by atoms with Crippen LogP contribution in [0.2, 0.25) is 0 Å². The summed E-state index contributed by atoms with van der Waals surface area (Å²) in [7, 11) is 0. The van der Waals surface area contributed by atoms with E-state index in [2.05, 4.69) is 6.92 Å². The van der Waals surface area contributed by atoms with Gasteiger partial charge in [0.25, 0.3) is 0 Å². The van der Waals surface area contributed by atoms with E-state index in [0.29, 0.717) is 4.65 Å². The molecule has 3 saturated heterocycles. The van der Waals surface area contributed by atoms with Crippen molar-refractivity contribution in [2.45, 2.75) is 19.8 Å². The minimum absolute atomic E-state index is 0.373. The molecule has 0 aromatic heterocycles. The first kappa shape index (κ1) is 6.62. The molecule has 0 aromatic rings. The Morgan fingerprint density at radius 3 is 2.20 bits per heavy atom. The molecule has 2 bridgehead atoms. The predicted octanol–water partition coefficient (Wildman–Crippen LogP) is 1.25. The van der Waals surface area contributed by atoms with Gasteiger partial charge in [-0.15, -0.1) is 0 Å². The van der Waals surface area contributed by atoms with Crippen molar-refractivity contribution < 1.29 is 9.85 Å². The first-order valence-electron chi connectivity index (χ1n) is 4.28. The van der Waals surface area contributed by atoms with E-state index >= 15 is 0 Å². The molecule has 0 spiro atoms. The minimum atomic E-state index is 0.373. The van der Waals surface area contributed by atoms with Crippen molar-refractivity contribution in [3.05, 3.63) is 0 Å². The maximum absolute atomic E-state index is 9.83. The third-order valence-corrected chi connectivity index (χ3v) is 3.26. The molecule has 2 nitrogen and oxygen atoms in total. The highest BCUT2D eigenvalue weighted by Crippen LogP contribution is 2.35. The molecule has 0 aliphatic carbocycles. The summed E-state index contributed by atoms with van der Waals surface area (Å²) in [5.41, 5.74) is 0. The summed E-state index contributed by atoms with van der Waals surface area (Å²) in [5.74, 6) is 1.68. The summed E-state index contributed by atoms with van der Waals surface area (Å²) in [6.07, 6.45) is 2.50. The predicted molar refractivity (Wildman–Crippen MR) is 38.5 cm³/mol. The summed E-state index contributed by atoms with van der Waals surface area (Å²) >= 11 is 0. The van der Waals surface area contributed by atoms with Gasteiger partial charge in [-0.2, -0.15) is 4.65 Å². The summed E-state index contributed by atoms with van der Waals surface area (Å²) in [4.78, 5) is 0. The van der Waals surface area contributed by atoms with Crippen LogP contribution in [0.1, 0.15) is 19.8 Å². The molecule has 3 fully saturated rings. The van der Waals surface area contributed by atoms with Crippen LogP contribution in [0.15, 0.2) is 0 Å². The van der Waals surface area contributed by atoms with Crippen LogP contribution in [0.3, 0.4) is 0 Å². The Hall–Kier alpha value is -0.0800. The van der Waals surface area contributed by atoms with Gasteiger partial charge in [-0.05, 0) is 5.92 Å². The fourth-order valence-electron chi connectivity index (χ4n) is 2.51. The molecule has 10 heavy (non-hydrogen) atoms. The average Bonchev–Trinajstić information content (AvgIpc) is 1.87. The lowest BCUT2D eigenvalue weighted by Gasteiger charge is -2.46. The largest absolute Gasteiger partial charge is 0.217 e. The third-order valence-electron chi connectivity index (χ3n) is 3.26. The van der Waals surface area contributed by atoms with Crippen molar-refractivity contribution in [3.63, 3.8) is 0 Å². The molecule has 1 atom stereocenters. The fourth-order valence-corrected chi connectivity index (χ4v) is 2.51. The molecular weight excluding hydrogens is 126 g/mol. The second-order valence-corrected chi connectivity index (χ2v) is 4.04. The first-order chi connectivity index (χ1) is 4.70. The number of quaternary nitrogens is 1. The Morgan fingerprint density at radius 2 is 1.90 bits per heavy atom. The van der Waals surface area contributed by atoms with Crippen molar-refractivity contribution in [1.29, 1.82) is 0 Å². The maximum atomic E-state index is 9.83. The highest BCUT2D eigenvalue weighted by Gasteiger charge is 2.43. The zero-order valence-corrected chi connectivity index (χ0v) is 6.58. The molecular formula is C8H16NO+. The number of hydrogen-bond donors (Lipinski definition) is 1. The summed E-state index contributed by atoms with van der Waals surface area (Å²) in [5, 5.41) is 9.83. The van der Waals surface area contributed by atoms with Crippen LogP contribution < -0.4 is 0 Å². The summed E-state index contributed by atoms with van der Waals surface area (Å²) < 4.78 is 0.373. The Balaban J connectivity index is 2.14. The van der Waals surface area contributed by atoms with Crippen LogP contribution in [-0.4, -0.2) is 29.5 Å². The van der Waals surface area contributed by atoms with Gasteiger partial charge in [-0.1, -0.05) is 6.92 Å². The number of hydroxylamine groups is 3. The normalized spacial score (nSPS) is 53.4. The number of nitrogens with zero attached hydrogens (tertiary/aromatic N) is 1. The van der Waals surface area contributed by atoms with Crippen LogP contribution >= 0.6 is 0 Å². The van der Waals surface area contributed by atoms with Crippen LogP contribution in [0, 0.1) is 11.8 Å². The van der Waals surface area contributed by atoms with Gasteiger partial charge in [0.05, 0.1) is 0 Å². The lowest BCUT2D eigenvalue weighted by molar-refractivity contribution is -1.11. The lowest BCUT2D eigenvalue weighted by Crippen LogP contribution is -2.59. The van der Waals surface area contributed by atoms with E-state index in [0.717, 1.165) is 31.5 Å². The second kappa shape index (κ2) is 1.95. The van der Waals surface area contributed by atoms with E-state index in [-0.39, 0.29) is 0 Å². The van der Waals surface area contributed by atoms with Crippen molar-refractivity contribution >= 4 is 0 Å². The number of hydrogen-bond acceptors (Lipinski definition) is 1. The fraction of sp³-hybridized carbons (Fsp3) is 1.00. The maximum Gasteiger partial charge on any atom is 0.111 e. The van der Waals surface area contributed by atoms with Crippen LogP contribution in [0.5, 0.6) is 0 Å². The standard InChI is InChI=1S/C8H16NO/c1-7-6-9(10)4-2-8(7)3-5-9/h7-8,10H,2-6H2,1H3/q+1. The molecule has 0 amide bonds. The van der Waals surface area contributed by atoms with Crippen molar-refractivity contribution in [3.8, 4) is 0 Å². The van der Waals surface area contributed by atoms with Gasteiger partial charge in [0, 0.05) is 18.8 Å². The van der Waals surface area contributed by atoms with E-state index in [1.807, 2.05) is 0 Å². The van der Waals surface area contributed by atoms with Crippen molar-refractivity contribution in [2.24, 2.45) is 11.8 Å². The zero-order chi connectivity index (χ0) is 7.19. The zero-order valence-electron chi connectivity index (χ0n) is 6.58. The van der Waals surface area contributed by atoms with Gasteiger partial charge in [0.2, 0.25) is 0 Å². The van der Waals surface area contributed by atoms with Gasteiger partial charge in [0.15, 0.2) is 0 Å². The molecule has 58 valence electrons. The Morgan fingerprint density at radius 1 is 1.30 bits per heavy atom. The second-order valence-electron chi connectivity index (χ2n) is 4.04. The van der Waals surface area contributed by atoms with Crippen LogP contribution in [0.25, 0.3) is 0 Å². The smallest absolute Gasteiger partial charge is 0.111 e. The summed E-state index contributed by atoms with van der Waals surface area (Å²) in [6.45, 7) is 5.29. The minimum Gasteiger partial charge on any atom is -0.217 e. The molecule has 0 aromatic carbocycles. The highest BCUT2D eigenvalue weighted by atomic mass is 16.5. The quantitative estimate of drug-likeness (QED) is 0.505.